The summed E-state index contributed by atoms with van der Waals surface area (Å²) in [5, 5.41) is 0. The summed E-state index contributed by atoms with van der Waals surface area (Å²) in [7, 11) is 0. The van der Waals surface area contributed by atoms with Gasteiger partial charge in [-0.25, -0.2) is 4.79 Å². The van der Waals surface area contributed by atoms with Crippen LogP contribution in [0.2, 0.25) is 0 Å². The predicted octanol–water partition coefficient (Wildman–Crippen LogP) is 2.46. The van der Waals surface area contributed by atoms with Crippen molar-refractivity contribution in [3.8, 4) is 0 Å². The number of hydrogen-bond acceptors (Lipinski definition) is 3. The normalized spacial score (nSPS) is 10.6. The first-order valence-corrected chi connectivity index (χ1v) is 4.90. The van der Waals surface area contributed by atoms with E-state index in [9.17, 15) is 4.79 Å². The van der Waals surface area contributed by atoms with Gasteiger partial charge in [0.25, 0.3) is 0 Å². The van der Waals surface area contributed by atoms with Crippen LogP contribution < -0.4 is 0 Å². The van der Waals surface area contributed by atoms with Gasteiger partial charge >= 0.3 is 5.97 Å². The lowest BCUT2D eigenvalue weighted by Gasteiger charge is -1.92. The molecule has 1 aromatic heterocycles. The van der Waals surface area contributed by atoms with Gasteiger partial charge in [0, 0.05) is 6.08 Å². The lowest BCUT2D eigenvalue weighted by Crippen LogP contribution is -1.98. The first-order valence-electron chi connectivity index (χ1n) is 3.82. The van der Waals surface area contributed by atoms with Crippen molar-refractivity contribution < 1.29 is 13.9 Å². The Bertz CT molecular complexity index is 314. The van der Waals surface area contributed by atoms with Gasteiger partial charge in [0.2, 0.25) is 0 Å². The van der Waals surface area contributed by atoms with Crippen molar-refractivity contribution in [2.45, 2.75) is 6.92 Å². The third-order valence-corrected chi connectivity index (χ3v) is 1.84. The van der Waals surface area contributed by atoms with E-state index in [-0.39, 0.29) is 5.97 Å². The highest BCUT2D eigenvalue weighted by molar-refractivity contribution is 14.1. The summed E-state index contributed by atoms with van der Waals surface area (Å²) >= 11 is 2.06. The Morgan fingerprint density at radius 1 is 1.69 bits per heavy atom. The second-order valence-electron chi connectivity index (χ2n) is 2.23. The lowest BCUT2D eigenvalue weighted by atomic mass is 10.4. The number of esters is 1. The van der Waals surface area contributed by atoms with Crippen molar-refractivity contribution in [3.05, 3.63) is 27.7 Å². The van der Waals surface area contributed by atoms with Crippen LogP contribution in [-0.2, 0) is 9.53 Å². The van der Waals surface area contributed by atoms with E-state index in [4.69, 9.17) is 9.15 Å². The molecule has 4 heteroatoms. The Balaban J connectivity index is 2.53. The first-order chi connectivity index (χ1) is 6.22. The Morgan fingerprint density at radius 3 is 3.00 bits per heavy atom. The molecule has 0 saturated carbocycles. The van der Waals surface area contributed by atoms with Crippen LogP contribution in [0, 0.1) is 3.77 Å². The van der Waals surface area contributed by atoms with Gasteiger partial charge in [-0.15, -0.1) is 0 Å². The predicted molar refractivity (Wildman–Crippen MR) is 57.1 cm³/mol. The zero-order chi connectivity index (χ0) is 9.68. The Kier molecular flexibility index (Phi) is 4.01. The molecule has 0 fully saturated rings. The number of hydrogen-bond donors (Lipinski definition) is 0. The van der Waals surface area contributed by atoms with Crippen molar-refractivity contribution in [2.24, 2.45) is 0 Å². The van der Waals surface area contributed by atoms with Gasteiger partial charge in [0.05, 0.1) is 6.61 Å². The van der Waals surface area contributed by atoms with Crippen molar-refractivity contribution in [3.63, 3.8) is 0 Å². The van der Waals surface area contributed by atoms with E-state index in [0.717, 1.165) is 3.77 Å². The van der Waals surface area contributed by atoms with E-state index in [0.29, 0.717) is 12.4 Å². The summed E-state index contributed by atoms with van der Waals surface area (Å²) in [5.74, 6) is 0.298. The molecule has 0 spiro atoms. The summed E-state index contributed by atoms with van der Waals surface area (Å²) in [6.45, 7) is 2.15. The Hall–Kier alpha value is -0.780. The molecule has 0 unspecified atom stereocenters. The summed E-state index contributed by atoms with van der Waals surface area (Å²) in [5.41, 5.74) is 0. The minimum Gasteiger partial charge on any atom is -0.463 e. The molecule has 0 amide bonds. The number of carbonyl (C=O) groups excluding carboxylic acids is 1. The number of rotatable bonds is 3. The van der Waals surface area contributed by atoms with Gasteiger partial charge < -0.3 is 9.15 Å². The molecule has 0 bridgehead atoms. The largest absolute Gasteiger partial charge is 0.463 e. The van der Waals surface area contributed by atoms with Crippen LogP contribution in [0.15, 0.2) is 22.6 Å². The van der Waals surface area contributed by atoms with Crippen LogP contribution in [0.5, 0.6) is 0 Å². The molecule has 13 heavy (non-hydrogen) atoms. The first kappa shape index (κ1) is 10.3. The smallest absolute Gasteiger partial charge is 0.330 e. The van der Waals surface area contributed by atoms with Crippen LogP contribution in [-0.4, -0.2) is 12.6 Å². The second-order valence-corrected chi connectivity index (χ2v) is 3.29. The highest BCUT2D eigenvalue weighted by atomic mass is 127. The third-order valence-electron chi connectivity index (χ3n) is 1.26. The molecule has 0 saturated heterocycles. The lowest BCUT2D eigenvalue weighted by molar-refractivity contribution is -0.137. The molecule has 1 rings (SSSR count). The van der Waals surface area contributed by atoms with Gasteiger partial charge in [0.1, 0.15) is 5.76 Å². The fourth-order valence-corrected chi connectivity index (χ4v) is 1.19. The average Bonchev–Trinajstić information content (AvgIpc) is 2.49. The van der Waals surface area contributed by atoms with Gasteiger partial charge in [-0.1, -0.05) is 0 Å². The van der Waals surface area contributed by atoms with E-state index in [1.54, 1.807) is 19.1 Å². The van der Waals surface area contributed by atoms with Crippen molar-refractivity contribution in [2.75, 3.05) is 6.61 Å². The van der Waals surface area contributed by atoms with Crippen LogP contribution >= 0.6 is 22.6 Å². The molecule has 0 radical (unpaired) electrons. The zero-order valence-electron chi connectivity index (χ0n) is 7.12. The molecule has 0 N–H and O–H groups in total. The number of furan rings is 1. The minimum atomic E-state index is -0.353. The average molecular weight is 292 g/mol. The van der Waals surface area contributed by atoms with Gasteiger partial charge in [-0.2, -0.15) is 0 Å². The number of halogens is 1. The fourth-order valence-electron chi connectivity index (χ4n) is 0.758. The summed E-state index contributed by atoms with van der Waals surface area (Å²) in [6, 6.07) is 3.61. The molecule has 70 valence electrons. The molecule has 0 aliphatic rings. The second kappa shape index (κ2) is 5.06. The van der Waals surface area contributed by atoms with Crippen LogP contribution in [0.3, 0.4) is 0 Å². The molecular weight excluding hydrogens is 283 g/mol. The molecule has 0 aliphatic heterocycles. The number of ether oxygens (including phenoxy) is 1. The molecule has 0 aromatic carbocycles. The maximum absolute atomic E-state index is 10.9. The molecule has 0 atom stereocenters. The summed E-state index contributed by atoms with van der Waals surface area (Å²) in [4.78, 5) is 10.9. The summed E-state index contributed by atoms with van der Waals surface area (Å²) in [6.07, 6.45) is 2.93. The topological polar surface area (TPSA) is 39.4 Å². The molecular formula is C9H9IO3. The van der Waals surface area contributed by atoms with Crippen molar-refractivity contribution in [1.29, 1.82) is 0 Å². The fraction of sp³-hybridized carbons (Fsp3) is 0.222. The quantitative estimate of drug-likeness (QED) is 0.488. The third kappa shape index (κ3) is 3.63. The zero-order valence-corrected chi connectivity index (χ0v) is 9.28. The Morgan fingerprint density at radius 2 is 2.46 bits per heavy atom. The van der Waals surface area contributed by atoms with Crippen molar-refractivity contribution >= 4 is 34.6 Å². The van der Waals surface area contributed by atoms with Crippen molar-refractivity contribution in [1.82, 2.24) is 0 Å². The van der Waals surface area contributed by atoms with E-state index < -0.39 is 0 Å². The SMILES string of the molecule is CCOC(=O)C=Cc1ccc(I)o1. The standard InChI is InChI=1S/C9H9IO3/c1-2-12-9(11)6-4-7-3-5-8(10)13-7/h3-6H,2H2,1H3. The molecule has 3 nitrogen and oxygen atoms in total. The molecule has 1 heterocycles. The monoisotopic (exact) mass is 292 g/mol. The van der Waals surface area contributed by atoms with E-state index in [1.165, 1.54) is 6.08 Å². The van der Waals surface area contributed by atoms with Crippen LogP contribution in [0.1, 0.15) is 12.7 Å². The molecule has 0 aliphatic carbocycles. The van der Waals surface area contributed by atoms with Gasteiger partial charge in [-0.3, -0.25) is 0 Å². The highest BCUT2D eigenvalue weighted by Crippen LogP contribution is 2.11. The number of carbonyl (C=O) groups is 1. The van der Waals surface area contributed by atoms with Crippen LogP contribution in [0.25, 0.3) is 6.08 Å². The Labute approximate surface area is 89.9 Å². The molecule has 1 aromatic rings. The maximum atomic E-state index is 10.9. The van der Waals surface area contributed by atoms with E-state index in [2.05, 4.69) is 22.6 Å². The van der Waals surface area contributed by atoms with Gasteiger partial charge in [0.15, 0.2) is 3.77 Å². The van der Waals surface area contributed by atoms with E-state index in [1.807, 2.05) is 6.07 Å². The highest BCUT2D eigenvalue weighted by Gasteiger charge is 1.96. The maximum Gasteiger partial charge on any atom is 0.330 e. The van der Waals surface area contributed by atoms with Gasteiger partial charge in [-0.05, 0) is 47.7 Å². The van der Waals surface area contributed by atoms with E-state index >= 15 is 0 Å². The summed E-state index contributed by atoms with van der Waals surface area (Å²) < 4.78 is 10.7. The van der Waals surface area contributed by atoms with Crippen LogP contribution in [0.4, 0.5) is 0 Å². The minimum absolute atomic E-state index is 0.353.